The highest BCUT2D eigenvalue weighted by Gasteiger charge is 2.09. The summed E-state index contributed by atoms with van der Waals surface area (Å²) in [5, 5.41) is 9.15. The normalized spacial score (nSPS) is 10.5. The lowest BCUT2D eigenvalue weighted by Gasteiger charge is -2.06. The number of hydrogen-bond donors (Lipinski definition) is 1. The molecule has 0 aromatic heterocycles. The molecule has 0 aliphatic rings. The fraction of sp³-hybridized carbons (Fsp3) is 0.235. The van der Waals surface area contributed by atoms with Crippen LogP contribution in [0.15, 0.2) is 46.9 Å². The lowest BCUT2D eigenvalue weighted by molar-refractivity contribution is 0.0696. The minimum absolute atomic E-state index is 0.289. The van der Waals surface area contributed by atoms with Gasteiger partial charge in [-0.1, -0.05) is 43.7 Å². The van der Waals surface area contributed by atoms with Gasteiger partial charge in [-0.25, -0.2) is 4.79 Å². The third-order valence-corrected chi connectivity index (χ3v) is 3.99. The predicted molar refractivity (Wildman–Crippen MR) is 85.1 cm³/mol. The van der Waals surface area contributed by atoms with E-state index in [1.807, 2.05) is 6.07 Å². The molecule has 0 aliphatic carbocycles. The van der Waals surface area contributed by atoms with Gasteiger partial charge in [0.05, 0.1) is 5.56 Å². The van der Waals surface area contributed by atoms with Crippen molar-refractivity contribution in [3.63, 3.8) is 0 Å². The van der Waals surface area contributed by atoms with Gasteiger partial charge in [0.15, 0.2) is 0 Å². The summed E-state index contributed by atoms with van der Waals surface area (Å²) in [4.78, 5) is 11.1. The van der Waals surface area contributed by atoms with Crippen molar-refractivity contribution in [1.82, 2.24) is 0 Å². The lowest BCUT2D eigenvalue weighted by Crippen LogP contribution is -1.97. The van der Waals surface area contributed by atoms with Crippen molar-refractivity contribution in [3.8, 4) is 11.1 Å². The molecular formula is C17H17BrO2. The summed E-state index contributed by atoms with van der Waals surface area (Å²) in [5.41, 5.74) is 3.58. The Morgan fingerprint density at radius 3 is 2.35 bits per heavy atom. The lowest BCUT2D eigenvalue weighted by atomic mass is 10.0. The third-order valence-electron chi connectivity index (χ3n) is 3.30. The molecule has 2 aromatic rings. The van der Waals surface area contributed by atoms with Crippen molar-refractivity contribution < 1.29 is 9.90 Å². The summed E-state index contributed by atoms with van der Waals surface area (Å²) in [6.07, 6.45) is 3.48. The molecule has 2 nitrogen and oxygen atoms in total. The van der Waals surface area contributed by atoms with Crippen molar-refractivity contribution in [2.75, 3.05) is 0 Å². The zero-order valence-electron chi connectivity index (χ0n) is 11.4. The standard InChI is InChI=1S/C17H17BrO2/c1-2-3-4-12-5-7-13(8-6-12)14-9-10-16(18)15(11-14)17(19)20/h5-11H,2-4H2,1H3,(H,19,20). The van der Waals surface area contributed by atoms with E-state index in [9.17, 15) is 4.79 Å². The Hall–Kier alpha value is -1.61. The van der Waals surface area contributed by atoms with E-state index in [2.05, 4.69) is 47.1 Å². The monoisotopic (exact) mass is 332 g/mol. The minimum Gasteiger partial charge on any atom is -0.478 e. The Labute approximate surface area is 127 Å². The summed E-state index contributed by atoms with van der Waals surface area (Å²) < 4.78 is 0.605. The number of carboxylic acids is 1. The molecule has 0 saturated carbocycles. The van der Waals surface area contributed by atoms with Crippen LogP contribution in [0.4, 0.5) is 0 Å². The topological polar surface area (TPSA) is 37.3 Å². The van der Waals surface area contributed by atoms with Crippen LogP contribution in [0.3, 0.4) is 0 Å². The van der Waals surface area contributed by atoms with Crippen LogP contribution in [0.2, 0.25) is 0 Å². The van der Waals surface area contributed by atoms with Crippen molar-refractivity contribution in [2.45, 2.75) is 26.2 Å². The van der Waals surface area contributed by atoms with Crippen LogP contribution in [0, 0.1) is 0 Å². The first-order chi connectivity index (χ1) is 9.61. The van der Waals surface area contributed by atoms with E-state index in [0.717, 1.165) is 17.5 Å². The van der Waals surface area contributed by atoms with E-state index in [1.165, 1.54) is 18.4 Å². The molecule has 0 atom stereocenters. The van der Waals surface area contributed by atoms with Crippen LogP contribution >= 0.6 is 15.9 Å². The highest BCUT2D eigenvalue weighted by atomic mass is 79.9. The van der Waals surface area contributed by atoms with Gasteiger partial charge in [-0.3, -0.25) is 0 Å². The van der Waals surface area contributed by atoms with Gasteiger partial charge >= 0.3 is 5.97 Å². The first-order valence-electron chi connectivity index (χ1n) is 6.74. The van der Waals surface area contributed by atoms with E-state index in [4.69, 9.17) is 5.11 Å². The molecule has 0 unspecified atom stereocenters. The van der Waals surface area contributed by atoms with Gasteiger partial charge in [0.1, 0.15) is 0 Å². The summed E-state index contributed by atoms with van der Waals surface area (Å²) >= 11 is 3.26. The van der Waals surface area contributed by atoms with E-state index >= 15 is 0 Å². The molecular weight excluding hydrogens is 316 g/mol. The molecule has 0 heterocycles. The second kappa shape index (κ2) is 6.71. The molecule has 2 aromatic carbocycles. The van der Waals surface area contributed by atoms with Gasteiger partial charge in [-0.2, -0.15) is 0 Å². The Balaban J connectivity index is 2.27. The van der Waals surface area contributed by atoms with Crippen LogP contribution in [-0.2, 0) is 6.42 Å². The first kappa shape index (κ1) is 14.8. The van der Waals surface area contributed by atoms with Gasteiger partial charge < -0.3 is 5.11 Å². The molecule has 0 radical (unpaired) electrons. The zero-order valence-corrected chi connectivity index (χ0v) is 13.0. The molecule has 1 N–H and O–H groups in total. The first-order valence-corrected chi connectivity index (χ1v) is 7.53. The fourth-order valence-corrected chi connectivity index (χ4v) is 2.53. The van der Waals surface area contributed by atoms with Crippen molar-refractivity contribution in [2.24, 2.45) is 0 Å². The van der Waals surface area contributed by atoms with Crippen LogP contribution in [-0.4, -0.2) is 11.1 Å². The number of rotatable bonds is 5. The Kier molecular flexibility index (Phi) is 4.96. The fourth-order valence-electron chi connectivity index (χ4n) is 2.11. The van der Waals surface area contributed by atoms with Gasteiger partial charge in [-0.15, -0.1) is 0 Å². The number of carbonyl (C=O) groups is 1. The second-order valence-corrected chi connectivity index (χ2v) is 5.65. The number of halogens is 1. The third kappa shape index (κ3) is 3.48. The maximum absolute atomic E-state index is 11.1. The average molecular weight is 333 g/mol. The second-order valence-electron chi connectivity index (χ2n) is 4.80. The number of hydrogen-bond acceptors (Lipinski definition) is 1. The number of aryl methyl sites for hydroxylation is 1. The Morgan fingerprint density at radius 1 is 1.10 bits per heavy atom. The van der Waals surface area contributed by atoms with Crippen molar-refractivity contribution in [1.29, 1.82) is 0 Å². The number of benzene rings is 2. The molecule has 0 bridgehead atoms. The highest BCUT2D eigenvalue weighted by Crippen LogP contribution is 2.26. The molecule has 3 heteroatoms. The highest BCUT2D eigenvalue weighted by molar-refractivity contribution is 9.10. The molecule has 20 heavy (non-hydrogen) atoms. The zero-order chi connectivity index (χ0) is 14.5. The molecule has 2 rings (SSSR count). The quantitative estimate of drug-likeness (QED) is 0.821. The van der Waals surface area contributed by atoms with E-state index in [0.29, 0.717) is 4.47 Å². The van der Waals surface area contributed by atoms with Crippen LogP contribution in [0.25, 0.3) is 11.1 Å². The van der Waals surface area contributed by atoms with Gasteiger partial charge in [0, 0.05) is 4.47 Å². The van der Waals surface area contributed by atoms with E-state index < -0.39 is 5.97 Å². The molecule has 0 aliphatic heterocycles. The summed E-state index contributed by atoms with van der Waals surface area (Å²) in [5.74, 6) is -0.918. The minimum atomic E-state index is -0.918. The summed E-state index contributed by atoms with van der Waals surface area (Å²) in [7, 11) is 0. The summed E-state index contributed by atoms with van der Waals surface area (Å²) in [6.45, 7) is 2.18. The number of aromatic carboxylic acids is 1. The molecule has 0 spiro atoms. The largest absolute Gasteiger partial charge is 0.478 e. The number of unbranched alkanes of at least 4 members (excludes halogenated alkanes) is 1. The van der Waals surface area contributed by atoms with Gasteiger partial charge in [-0.05, 0) is 57.6 Å². The molecule has 0 amide bonds. The van der Waals surface area contributed by atoms with Gasteiger partial charge in [0.25, 0.3) is 0 Å². The maximum atomic E-state index is 11.1. The molecule has 0 saturated heterocycles. The number of carboxylic acid groups (broad SMARTS) is 1. The van der Waals surface area contributed by atoms with E-state index in [-0.39, 0.29) is 5.56 Å². The Bertz CT molecular complexity index is 603. The molecule has 0 fully saturated rings. The summed E-state index contributed by atoms with van der Waals surface area (Å²) in [6, 6.07) is 13.8. The maximum Gasteiger partial charge on any atom is 0.336 e. The molecule has 104 valence electrons. The Morgan fingerprint density at radius 2 is 1.75 bits per heavy atom. The van der Waals surface area contributed by atoms with E-state index in [1.54, 1.807) is 12.1 Å². The smallest absolute Gasteiger partial charge is 0.336 e. The SMILES string of the molecule is CCCCc1ccc(-c2ccc(Br)c(C(=O)O)c2)cc1. The van der Waals surface area contributed by atoms with Crippen LogP contribution in [0.5, 0.6) is 0 Å². The van der Waals surface area contributed by atoms with Crippen LogP contribution < -0.4 is 0 Å². The van der Waals surface area contributed by atoms with Crippen LogP contribution in [0.1, 0.15) is 35.7 Å². The predicted octanol–water partition coefficient (Wildman–Crippen LogP) is 5.16. The van der Waals surface area contributed by atoms with Gasteiger partial charge in [0.2, 0.25) is 0 Å². The van der Waals surface area contributed by atoms with Crippen molar-refractivity contribution >= 4 is 21.9 Å². The average Bonchev–Trinajstić information content (AvgIpc) is 2.46. The van der Waals surface area contributed by atoms with Crippen molar-refractivity contribution in [3.05, 3.63) is 58.1 Å².